The molecule has 0 saturated carbocycles. The zero-order valence-electron chi connectivity index (χ0n) is 10.6. The molecule has 0 fully saturated rings. The minimum absolute atomic E-state index is 0.349. The van der Waals surface area contributed by atoms with E-state index in [4.69, 9.17) is 10.5 Å². The number of rotatable bonds is 3. The molecule has 4 nitrogen and oxygen atoms in total. The van der Waals surface area contributed by atoms with Crippen LogP contribution in [0.25, 0.3) is 0 Å². The zero-order valence-corrected chi connectivity index (χ0v) is 12.2. The molecule has 0 bridgehead atoms. The predicted octanol–water partition coefficient (Wildman–Crippen LogP) is 3.62. The van der Waals surface area contributed by atoms with Crippen molar-refractivity contribution in [1.29, 1.82) is 0 Å². The molecule has 0 aliphatic carbocycles. The number of aryl methyl sites for hydroxylation is 1. The van der Waals surface area contributed by atoms with Crippen LogP contribution in [0.1, 0.15) is 18.3 Å². The lowest BCUT2D eigenvalue weighted by atomic mass is 10.3. The Kier molecular flexibility index (Phi) is 3.99. The number of nitrogen functional groups attached to an aromatic ring is 1. The number of hydrogen-bond donors (Lipinski definition) is 1. The van der Waals surface area contributed by atoms with Crippen LogP contribution < -0.4 is 10.5 Å². The molecule has 6 heteroatoms. The monoisotopic (exact) mass is 325 g/mol. The molecule has 0 radical (unpaired) electrons. The summed E-state index contributed by atoms with van der Waals surface area (Å²) in [5, 5.41) is 0. The van der Waals surface area contributed by atoms with Crippen molar-refractivity contribution >= 4 is 21.7 Å². The van der Waals surface area contributed by atoms with Gasteiger partial charge in [-0.15, -0.1) is 0 Å². The van der Waals surface area contributed by atoms with E-state index in [1.807, 2.05) is 6.92 Å². The van der Waals surface area contributed by atoms with Gasteiger partial charge in [0.2, 0.25) is 5.88 Å². The van der Waals surface area contributed by atoms with E-state index < -0.39 is 0 Å². The molecule has 0 unspecified atom stereocenters. The van der Waals surface area contributed by atoms with E-state index in [1.165, 1.54) is 12.1 Å². The Labute approximate surface area is 119 Å². The Morgan fingerprint density at radius 3 is 2.68 bits per heavy atom. The summed E-state index contributed by atoms with van der Waals surface area (Å²) in [7, 11) is 0. The van der Waals surface area contributed by atoms with Crippen molar-refractivity contribution in [1.82, 2.24) is 9.97 Å². The van der Waals surface area contributed by atoms with Crippen molar-refractivity contribution in [3.05, 3.63) is 39.9 Å². The third kappa shape index (κ3) is 3.20. The number of hydrogen-bond acceptors (Lipinski definition) is 4. The summed E-state index contributed by atoms with van der Waals surface area (Å²) in [6, 6.07) is 4.30. The van der Waals surface area contributed by atoms with Crippen molar-refractivity contribution in [2.75, 3.05) is 5.73 Å². The van der Waals surface area contributed by atoms with Crippen molar-refractivity contribution in [3.8, 4) is 11.6 Å². The standard InChI is InChI=1S/C13H13BrFN3O/c1-3-11-17-12(16)7(2)13(18-11)19-10-5-8(14)4-9(15)6-10/h4-6H,3H2,1-2H3,(H2,16,17,18). The molecule has 1 aromatic heterocycles. The first-order valence-electron chi connectivity index (χ1n) is 5.76. The van der Waals surface area contributed by atoms with Gasteiger partial charge in [0.1, 0.15) is 23.2 Å². The van der Waals surface area contributed by atoms with Gasteiger partial charge >= 0.3 is 0 Å². The van der Waals surface area contributed by atoms with Crippen molar-refractivity contribution in [3.63, 3.8) is 0 Å². The quantitative estimate of drug-likeness (QED) is 0.936. The van der Waals surface area contributed by atoms with Gasteiger partial charge in [0.05, 0.1) is 5.56 Å². The first-order chi connectivity index (χ1) is 8.99. The SMILES string of the molecule is CCc1nc(N)c(C)c(Oc2cc(F)cc(Br)c2)n1. The highest BCUT2D eigenvalue weighted by atomic mass is 79.9. The molecule has 0 saturated heterocycles. The first-order valence-corrected chi connectivity index (χ1v) is 6.56. The molecular weight excluding hydrogens is 313 g/mol. The van der Waals surface area contributed by atoms with Crippen molar-refractivity contribution in [2.24, 2.45) is 0 Å². The van der Waals surface area contributed by atoms with Crippen LogP contribution in [0.3, 0.4) is 0 Å². The molecule has 0 aliphatic rings. The lowest BCUT2D eigenvalue weighted by molar-refractivity contribution is 0.450. The molecule has 0 aliphatic heterocycles. The largest absolute Gasteiger partial charge is 0.438 e. The van der Waals surface area contributed by atoms with E-state index in [9.17, 15) is 4.39 Å². The third-order valence-electron chi connectivity index (χ3n) is 2.55. The number of halogens is 2. The Morgan fingerprint density at radius 1 is 1.32 bits per heavy atom. The molecule has 2 aromatic rings. The summed E-state index contributed by atoms with van der Waals surface area (Å²) in [4.78, 5) is 8.39. The topological polar surface area (TPSA) is 61.0 Å². The van der Waals surface area contributed by atoms with Crippen LogP contribution in [0.4, 0.5) is 10.2 Å². The van der Waals surface area contributed by atoms with Crippen LogP contribution in [0.2, 0.25) is 0 Å². The van der Waals surface area contributed by atoms with Crippen LogP contribution in [0.5, 0.6) is 11.6 Å². The fourth-order valence-electron chi connectivity index (χ4n) is 1.52. The molecule has 1 aromatic carbocycles. The molecule has 0 atom stereocenters. The van der Waals surface area contributed by atoms with Gasteiger partial charge in [0, 0.05) is 17.0 Å². The van der Waals surface area contributed by atoms with E-state index in [0.29, 0.717) is 39.7 Å². The minimum Gasteiger partial charge on any atom is -0.438 e. The second-order valence-corrected chi connectivity index (χ2v) is 4.93. The van der Waals surface area contributed by atoms with Gasteiger partial charge in [-0.25, -0.2) is 9.37 Å². The van der Waals surface area contributed by atoms with E-state index in [2.05, 4.69) is 25.9 Å². The van der Waals surface area contributed by atoms with E-state index in [0.717, 1.165) is 0 Å². The normalized spacial score (nSPS) is 10.5. The maximum atomic E-state index is 13.3. The van der Waals surface area contributed by atoms with E-state index in [-0.39, 0.29) is 5.82 Å². The maximum Gasteiger partial charge on any atom is 0.227 e. The number of nitrogens with two attached hydrogens (primary N) is 1. The highest BCUT2D eigenvalue weighted by molar-refractivity contribution is 9.10. The average molecular weight is 326 g/mol. The molecule has 100 valence electrons. The van der Waals surface area contributed by atoms with Crippen LogP contribution in [0.15, 0.2) is 22.7 Å². The average Bonchev–Trinajstić information content (AvgIpc) is 2.33. The number of benzene rings is 1. The molecule has 2 N–H and O–H groups in total. The molecular formula is C13H13BrFN3O. The second-order valence-electron chi connectivity index (χ2n) is 4.02. The Hall–Kier alpha value is -1.69. The Bertz CT molecular complexity index is 599. The number of ether oxygens (including phenoxy) is 1. The molecule has 0 spiro atoms. The van der Waals surface area contributed by atoms with E-state index in [1.54, 1.807) is 13.0 Å². The van der Waals surface area contributed by atoms with Gasteiger partial charge in [0.25, 0.3) is 0 Å². The Balaban J connectivity index is 2.39. The number of anilines is 1. The molecule has 2 rings (SSSR count). The highest BCUT2D eigenvalue weighted by Crippen LogP contribution is 2.28. The summed E-state index contributed by atoms with van der Waals surface area (Å²) in [5.74, 6) is 1.28. The predicted molar refractivity (Wildman–Crippen MR) is 74.7 cm³/mol. The lowest BCUT2D eigenvalue weighted by Crippen LogP contribution is -2.04. The summed E-state index contributed by atoms with van der Waals surface area (Å²) in [5.41, 5.74) is 6.43. The summed E-state index contributed by atoms with van der Waals surface area (Å²) >= 11 is 3.21. The minimum atomic E-state index is -0.389. The van der Waals surface area contributed by atoms with Crippen LogP contribution >= 0.6 is 15.9 Å². The highest BCUT2D eigenvalue weighted by Gasteiger charge is 2.11. The van der Waals surface area contributed by atoms with Gasteiger partial charge < -0.3 is 10.5 Å². The lowest BCUT2D eigenvalue weighted by Gasteiger charge is -2.10. The van der Waals surface area contributed by atoms with Crippen molar-refractivity contribution < 1.29 is 9.13 Å². The third-order valence-corrected chi connectivity index (χ3v) is 3.01. The zero-order chi connectivity index (χ0) is 14.0. The number of nitrogens with zero attached hydrogens (tertiary/aromatic N) is 2. The molecule has 19 heavy (non-hydrogen) atoms. The fraction of sp³-hybridized carbons (Fsp3) is 0.231. The summed E-state index contributed by atoms with van der Waals surface area (Å²) < 4.78 is 19.5. The van der Waals surface area contributed by atoms with Crippen LogP contribution in [-0.4, -0.2) is 9.97 Å². The fourth-order valence-corrected chi connectivity index (χ4v) is 1.96. The van der Waals surface area contributed by atoms with Gasteiger partial charge in [-0.05, 0) is 19.1 Å². The second kappa shape index (κ2) is 5.52. The first kappa shape index (κ1) is 13.7. The summed E-state index contributed by atoms with van der Waals surface area (Å²) in [6.45, 7) is 3.69. The number of aromatic nitrogens is 2. The van der Waals surface area contributed by atoms with Crippen molar-refractivity contribution in [2.45, 2.75) is 20.3 Å². The molecule has 1 heterocycles. The molecule has 0 amide bonds. The van der Waals surface area contributed by atoms with Gasteiger partial charge in [-0.2, -0.15) is 4.98 Å². The van der Waals surface area contributed by atoms with Crippen LogP contribution in [0, 0.1) is 12.7 Å². The van der Waals surface area contributed by atoms with E-state index >= 15 is 0 Å². The van der Waals surface area contributed by atoms with Gasteiger partial charge in [0.15, 0.2) is 0 Å². The summed E-state index contributed by atoms with van der Waals surface area (Å²) in [6.07, 6.45) is 0.647. The van der Waals surface area contributed by atoms with Crippen LogP contribution in [-0.2, 0) is 6.42 Å². The maximum absolute atomic E-state index is 13.3. The van der Waals surface area contributed by atoms with Gasteiger partial charge in [-0.1, -0.05) is 22.9 Å². The smallest absolute Gasteiger partial charge is 0.227 e. The van der Waals surface area contributed by atoms with Gasteiger partial charge in [-0.3, -0.25) is 0 Å². The Morgan fingerprint density at radius 2 is 2.05 bits per heavy atom.